The maximum atomic E-state index is 11.9. The van der Waals surface area contributed by atoms with Crippen molar-refractivity contribution >= 4 is 28.0 Å². The van der Waals surface area contributed by atoms with Crippen LogP contribution in [0.1, 0.15) is 24.1 Å². The number of fused-ring (bicyclic) bond motifs is 1. The van der Waals surface area contributed by atoms with Gasteiger partial charge in [-0.2, -0.15) is 0 Å². The number of carbonyl (C=O) groups excluding carboxylic acids is 1. The molecule has 0 radical (unpaired) electrons. The van der Waals surface area contributed by atoms with E-state index in [1.54, 1.807) is 13.0 Å². The van der Waals surface area contributed by atoms with Crippen molar-refractivity contribution in [3.8, 4) is 5.75 Å². The normalized spacial score (nSPS) is 17.1. The van der Waals surface area contributed by atoms with E-state index in [4.69, 9.17) is 9.47 Å². The predicted octanol–water partition coefficient (Wildman–Crippen LogP) is 2.60. The largest absolute Gasteiger partial charge is 0.496 e. The van der Waals surface area contributed by atoms with Gasteiger partial charge in [-0.25, -0.2) is 9.59 Å². The van der Waals surface area contributed by atoms with Crippen molar-refractivity contribution < 1.29 is 24.2 Å². The lowest BCUT2D eigenvalue weighted by atomic mass is 9.92. The van der Waals surface area contributed by atoms with Crippen LogP contribution in [0.3, 0.4) is 0 Å². The molecule has 1 aromatic rings. The van der Waals surface area contributed by atoms with Crippen LogP contribution in [0.5, 0.6) is 5.75 Å². The van der Waals surface area contributed by atoms with E-state index in [2.05, 4.69) is 15.9 Å². The van der Waals surface area contributed by atoms with Gasteiger partial charge in [0.1, 0.15) is 5.75 Å². The van der Waals surface area contributed by atoms with Crippen LogP contribution in [0, 0.1) is 0 Å². The maximum absolute atomic E-state index is 11.9. The van der Waals surface area contributed by atoms with Crippen LogP contribution in [-0.2, 0) is 16.0 Å². The Morgan fingerprint density at radius 3 is 2.76 bits per heavy atom. The van der Waals surface area contributed by atoms with E-state index in [0.29, 0.717) is 24.3 Å². The molecule has 0 saturated carbocycles. The first-order chi connectivity index (χ1) is 9.99. The fourth-order valence-electron chi connectivity index (χ4n) is 2.45. The molecule has 114 valence electrons. The van der Waals surface area contributed by atoms with Crippen molar-refractivity contribution in [2.45, 2.75) is 19.4 Å². The molecule has 6 nitrogen and oxygen atoms in total. The zero-order valence-electron chi connectivity index (χ0n) is 11.8. The Balaban J connectivity index is 2.46. The standard InChI is InChI=1S/C14H16BrNO5/c1-3-21-14(19)16-5-4-8-6-10(15)11(20-2)7-9(8)12(16)13(17)18/h6-7,12H,3-5H2,1-2H3,(H,17,18). The second-order valence-electron chi connectivity index (χ2n) is 4.57. The molecule has 1 aliphatic heterocycles. The van der Waals surface area contributed by atoms with Gasteiger partial charge in [-0.05, 0) is 52.5 Å². The molecule has 1 amide bonds. The van der Waals surface area contributed by atoms with Crippen LogP contribution in [-0.4, -0.2) is 42.3 Å². The van der Waals surface area contributed by atoms with Crippen molar-refractivity contribution in [2.75, 3.05) is 20.3 Å². The summed E-state index contributed by atoms with van der Waals surface area (Å²) in [6.07, 6.45) is -0.0435. The number of nitrogens with zero attached hydrogens (tertiary/aromatic N) is 1. The van der Waals surface area contributed by atoms with E-state index in [1.807, 2.05) is 6.07 Å². The average molecular weight is 358 g/mol. The molecule has 21 heavy (non-hydrogen) atoms. The molecule has 1 atom stereocenters. The van der Waals surface area contributed by atoms with Crippen LogP contribution in [0.4, 0.5) is 4.79 Å². The van der Waals surface area contributed by atoms with Gasteiger partial charge in [-0.3, -0.25) is 4.90 Å². The maximum Gasteiger partial charge on any atom is 0.410 e. The number of methoxy groups -OCH3 is 1. The molecule has 7 heteroatoms. The smallest absolute Gasteiger partial charge is 0.410 e. The fourth-order valence-corrected chi connectivity index (χ4v) is 3.00. The first kappa shape index (κ1) is 15.6. The summed E-state index contributed by atoms with van der Waals surface area (Å²) >= 11 is 3.38. The molecule has 1 heterocycles. The van der Waals surface area contributed by atoms with E-state index >= 15 is 0 Å². The fraction of sp³-hybridized carbons (Fsp3) is 0.429. The average Bonchev–Trinajstić information content (AvgIpc) is 2.45. The molecule has 0 aliphatic carbocycles. The summed E-state index contributed by atoms with van der Waals surface area (Å²) < 4.78 is 10.9. The van der Waals surface area contributed by atoms with Gasteiger partial charge in [0.2, 0.25) is 0 Å². The number of halogens is 1. The summed E-state index contributed by atoms with van der Waals surface area (Å²) in [5.74, 6) is -0.556. The Morgan fingerprint density at radius 2 is 2.19 bits per heavy atom. The number of amides is 1. The third-order valence-corrected chi connectivity index (χ3v) is 4.00. The summed E-state index contributed by atoms with van der Waals surface area (Å²) in [5.41, 5.74) is 1.44. The number of carbonyl (C=O) groups is 2. The van der Waals surface area contributed by atoms with Gasteiger partial charge >= 0.3 is 12.1 Å². The number of hydrogen-bond acceptors (Lipinski definition) is 4. The lowest BCUT2D eigenvalue weighted by molar-refractivity contribution is -0.143. The van der Waals surface area contributed by atoms with E-state index in [0.717, 1.165) is 10.0 Å². The van der Waals surface area contributed by atoms with Gasteiger partial charge in [-0.15, -0.1) is 0 Å². The van der Waals surface area contributed by atoms with E-state index in [9.17, 15) is 14.7 Å². The Kier molecular flexibility index (Phi) is 4.72. The summed E-state index contributed by atoms with van der Waals surface area (Å²) in [5, 5.41) is 9.50. The van der Waals surface area contributed by atoms with Crippen molar-refractivity contribution in [3.05, 3.63) is 27.7 Å². The van der Waals surface area contributed by atoms with Crippen molar-refractivity contribution in [1.29, 1.82) is 0 Å². The quantitative estimate of drug-likeness (QED) is 0.899. The third kappa shape index (κ3) is 2.97. The van der Waals surface area contributed by atoms with Crippen molar-refractivity contribution in [1.82, 2.24) is 4.90 Å². The molecule has 0 aromatic heterocycles. The summed E-state index contributed by atoms with van der Waals surface area (Å²) in [4.78, 5) is 24.8. The van der Waals surface area contributed by atoms with Gasteiger partial charge in [0.05, 0.1) is 18.2 Å². The minimum atomic E-state index is -1.09. The molecule has 1 aromatic carbocycles. The van der Waals surface area contributed by atoms with E-state index < -0.39 is 18.1 Å². The highest BCUT2D eigenvalue weighted by Crippen LogP contribution is 2.37. The Bertz CT molecular complexity index is 575. The minimum Gasteiger partial charge on any atom is -0.496 e. The second-order valence-corrected chi connectivity index (χ2v) is 5.42. The Labute approximate surface area is 130 Å². The van der Waals surface area contributed by atoms with Crippen LogP contribution >= 0.6 is 15.9 Å². The highest BCUT2D eigenvalue weighted by atomic mass is 79.9. The molecule has 2 rings (SSSR count). The molecule has 0 fully saturated rings. The first-order valence-electron chi connectivity index (χ1n) is 6.52. The molecule has 1 aliphatic rings. The highest BCUT2D eigenvalue weighted by molar-refractivity contribution is 9.10. The summed E-state index contributed by atoms with van der Waals surface area (Å²) in [6.45, 7) is 2.20. The number of rotatable bonds is 3. The topological polar surface area (TPSA) is 76.1 Å². The van der Waals surface area contributed by atoms with Crippen LogP contribution in [0.15, 0.2) is 16.6 Å². The lowest BCUT2D eigenvalue weighted by Gasteiger charge is -2.34. The number of aliphatic carboxylic acids is 1. The number of ether oxygens (including phenoxy) is 2. The van der Waals surface area contributed by atoms with Crippen molar-refractivity contribution in [2.24, 2.45) is 0 Å². The van der Waals surface area contributed by atoms with Crippen LogP contribution in [0.25, 0.3) is 0 Å². The first-order valence-corrected chi connectivity index (χ1v) is 7.31. The van der Waals surface area contributed by atoms with Gasteiger partial charge < -0.3 is 14.6 Å². The molecule has 0 saturated heterocycles. The van der Waals surface area contributed by atoms with Crippen molar-refractivity contribution in [3.63, 3.8) is 0 Å². The van der Waals surface area contributed by atoms with E-state index in [1.165, 1.54) is 12.0 Å². The molecular formula is C14H16BrNO5. The Hall–Kier alpha value is -1.76. The molecule has 1 N–H and O–H groups in total. The van der Waals surface area contributed by atoms with Gasteiger partial charge in [0, 0.05) is 6.54 Å². The zero-order chi connectivity index (χ0) is 15.6. The van der Waals surface area contributed by atoms with Gasteiger partial charge in [-0.1, -0.05) is 0 Å². The second kappa shape index (κ2) is 6.34. The molecular weight excluding hydrogens is 342 g/mol. The molecule has 1 unspecified atom stereocenters. The van der Waals surface area contributed by atoms with Gasteiger partial charge in [0.15, 0.2) is 6.04 Å². The minimum absolute atomic E-state index is 0.207. The van der Waals surface area contributed by atoms with E-state index in [-0.39, 0.29) is 6.61 Å². The number of carboxylic acids is 1. The third-order valence-electron chi connectivity index (χ3n) is 3.38. The SMILES string of the molecule is CCOC(=O)N1CCc2cc(Br)c(OC)cc2C1C(=O)O. The number of benzene rings is 1. The highest BCUT2D eigenvalue weighted by Gasteiger charge is 2.37. The zero-order valence-corrected chi connectivity index (χ0v) is 13.3. The molecule has 0 spiro atoms. The molecule has 0 bridgehead atoms. The summed E-state index contributed by atoms with van der Waals surface area (Å²) in [7, 11) is 1.51. The summed E-state index contributed by atoms with van der Waals surface area (Å²) in [6, 6.07) is 2.44. The number of carboxylic acid groups (broad SMARTS) is 1. The van der Waals surface area contributed by atoms with Crippen LogP contribution < -0.4 is 4.74 Å². The lowest BCUT2D eigenvalue weighted by Crippen LogP contribution is -2.43. The van der Waals surface area contributed by atoms with Gasteiger partial charge in [0.25, 0.3) is 0 Å². The predicted molar refractivity (Wildman–Crippen MR) is 78.5 cm³/mol. The number of hydrogen-bond donors (Lipinski definition) is 1. The van der Waals surface area contributed by atoms with Crippen LogP contribution in [0.2, 0.25) is 0 Å². The Morgan fingerprint density at radius 1 is 1.48 bits per heavy atom. The monoisotopic (exact) mass is 357 g/mol.